The van der Waals surface area contributed by atoms with Gasteiger partial charge >= 0.3 is 0 Å². The number of benzene rings is 2. The van der Waals surface area contributed by atoms with Crippen LogP contribution in [0.25, 0.3) is 5.69 Å². The molecule has 3 aromatic rings. The molecule has 0 saturated carbocycles. The third-order valence-electron chi connectivity index (χ3n) is 5.36. The zero-order valence-corrected chi connectivity index (χ0v) is 20.3. The SMILES string of the molecule is Cc1nn(-c2ccc(C(=O)NCc3ccc(S(=O)(=O)N(C)C(C)C)cc3)cc2)c(C)c1Cl. The first kappa shape index (κ1) is 24.0. The number of amides is 1. The van der Waals surface area contributed by atoms with E-state index >= 15 is 0 Å². The average molecular weight is 475 g/mol. The molecule has 0 aliphatic heterocycles. The molecule has 1 amide bonds. The maximum absolute atomic E-state index is 12.5. The van der Waals surface area contributed by atoms with Gasteiger partial charge in [-0.2, -0.15) is 9.40 Å². The van der Waals surface area contributed by atoms with Crippen LogP contribution in [0.5, 0.6) is 0 Å². The van der Waals surface area contributed by atoms with Gasteiger partial charge in [0.15, 0.2) is 0 Å². The van der Waals surface area contributed by atoms with Crippen molar-refractivity contribution >= 4 is 27.5 Å². The van der Waals surface area contributed by atoms with Gasteiger partial charge in [0.05, 0.1) is 27.0 Å². The molecule has 170 valence electrons. The molecule has 0 fully saturated rings. The van der Waals surface area contributed by atoms with Crippen LogP contribution >= 0.6 is 11.6 Å². The fraction of sp³-hybridized carbons (Fsp3) is 0.304. The van der Waals surface area contributed by atoms with Crippen LogP contribution in [0.1, 0.15) is 41.2 Å². The molecular weight excluding hydrogens is 448 g/mol. The summed E-state index contributed by atoms with van der Waals surface area (Å²) in [5, 5.41) is 7.90. The molecule has 32 heavy (non-hydrogen) atoms. The fourth-order valence-electron chi connectivity index (χ4n) is 3.14. The van der Waals surface area contributed by atoms with Gasteiger partial charge in [-0.3, -0.25) is 4.79 Å². The summed E-state index contributed by atoms with van der Waals surface area (Å²) in [6.07, 6.45) is 0. The smallest absolute Gasteiger partial charge is 0.251 e. The first-order valence-corrected chi connectivity index (χ1v) is 12.0. The van der Waals surface area contributed by atoms with Gasteiger partial charge in [-0.15, -0.1) is 0 Å². The third-order valence-corrected chi connectivity index (χ3v) is 7.95. The monoisotopic (exact) mass is 474 g/mol. The number of nitrogens with zero attached hydrogens (tertiary/aromatic N) is 3. The summed E-state index contributed by atoms with van der Waals surface area (Å²) >= 11 is 6.21. The maximum Gasteiger partial charge on any atom is 0.251 e. The number of hydrogen-bond donors (Lipinski definition) is 1. The number of nitrogens with one attached hydrogen (secondary N) is 1. The number of carbonyl (C=O) groups is 1. The summed E-state index contributed by atoms with van der Waals surface area (Å²) in [5.74, 6) is -0.223. The number of hydrogen-bond acceptors (Lipinski definition) is 4. The van der Waals surface area contributed by atoms with Crippen LogP contribution < -0.4 is 5.32 Å². The Morgan fingerprint density at radius 1 is 1.09 bits per heavy atom. The molecule has 1 N–H and O–H groups in total. The Morgan fingerprint density at radius 2 is 1.69 bits per heavy atom. The molecule has 0 spiro atoms. The molecule has 2 aromatic carbocycles. The lowest BCUT2D eigenvalue weighted by Gasteiger charge is -2.21. The van der Waals surface area contributed by atoms with Crippen LogP contribution in [-0.2, 0) is 16.6 Å². The fourth-order valence-corrected chi connectivity index (χ4v) is 4.62. The normalized spacial score (nSPS) is 11.9. The molecular formula is C23H27ClN4O3S. The van der Waals surface area contributed by atoms with Gasteiger partial charge in [-0.1, -0.05) is 23.7 Å². The first-order valence-electron chi connectivity index (χ1n) is 10.2. The minimum atomic E-state index is -3.53. The Hall–Kier alpha value is -2.68. The summed E-state index contributed by atoms with van der Waals surface area (Å²) in [6.45, 7) is 7.66. The summed E-state index contributed by atoms with van der Waals surface area (Å²) in [6, 6.07) is 13.5. The lowest BCUT2D eigenvalue weighted by Crippen LogP contribution is -2.33. The number of carbonyl (C=O) groups excluding carboxylic acids is 1. The molecule has 0 bridgehead atoms. The minimum absolute atomic E-state index is 0.136. The molecule has 3 rings (SSSR count). The van der Waals surface area contributed by atoms with Crippen molar-refractivity contribution in [1.82, 2.24) is 19.4 Å². The maximum atomic E-state index is 12.5. The van der Waals surface area contributed by atoms with Gasteiger partial charge < -0.3 is 5.32 Å². The van der Waals surface area contributed by atoms with E-state index in [1.54, 1.807) is 48.1 Å². The first-order chi connectivity index (χ1) is 15.0. The standard InChI is InChI=1S/C23H27ClN4O3S/c1-15(2)27(5)32(30,31)21-12-6-18(7-13-21)14-25-23(29)19-8-10-20(11-9-19)28-17(4)22(24)16(3)26-28/h6-13,15H,14H2,1-5H3,(H,25,29). The molecule has 0 saturated heterocycles. The second-order valence-electron chi connectivity index (χ2n) is 7.89. The van der Waals surface area contributed by atoms with E-state index < -0.39 is 10.0 Å². The van der Waals surface area contributed by atoms with E-state index in [1.165, 1.54) is 4.31 Å². The summed E-state index contributed by atoms with van der Waals surface area (Å²) in [4.78, 5) is 12.7. The van der Waals surface area contributed by atoms with Crippen LogP contribution in [0.15, 0.2) is 53.4 Å². The Labute approximate surface area is 194 Å². The highest BCUT2D eigenvalue weighted by molar-refractivity contribution is 7.89. The van der Waals surface area contributed by atoms with Crippen LogP contribution in [0.3, 0.4) is 0 Å². The van der Waals surface area contributed by atoms with Crippen molar-refractivity contribution in [2.45, 2.75) is 45.2 Å². The van der Waals surface area contributed by atoms with Crippen molar-refractivity contribution in [3.63, 3.8) is 0 Å². The Bertz CT molecular complexity index is 1220. The van der Waals surface area contributed by atoms with Crippen molar-refractivity contribution in [1.29, 1.82) is 0 Å². The highest BCUT2D eigenvalue weighted by Crippen LogP contribution is 2.22. The number of sulfonamides is 1. The number of halogens is 1. The Kier molecular flexibility index (Phi) is 7.07. The van der Waals surface area contributed by atoms with Gasteiger partial charge in [0.1, 0.15) is 0 Å². The quantitative estimate of drug-likeness (QED) is 0.558. The lowest BCUT2D eigenvalue weighted by atomic mass is 10.1. The Balaban J connectivity index is 1.65. The molecule has 1 aromatic heterocycles. The number of aryl methyl sites for hydroxylation is 1. The zero-order valence-electron chi connectivity index (χ0n) is 18.8. The topological polar surface area (TPSA) is 84.3 Å². The van der Waals surface area contributed by atoms with E-state index in [2.05, 4.69) is 10.4 Å². The van der Waals surface area contributed by atoms with Crippen molar-refractivity contribution < 1.29 is 13.2 Å². The predicted octanol–water partition coefficient (Wildman–Crippen LogP) is 4.10. The van der Waals surface area contributed by atoms with E-state index in [4.69, 9.17) is 11.6 Å². The minimum Gasteiger partial charge on any atom is -0.348 e. The number of aromatic nitrogens is 2. The highest BCUT2D eigenvalue weighted by Gasteiger charge is 2.22. The van der Waals surface area contributed by atoms with Crippen molar-refractivity contribution in [2.75, 3.05) is 7.05 Å². The van der Waals surface area contributed by atoms with E-state index in [0.717, 1.165) is 22.6 Å². The molecule has 0 aliphatic carbocycles. The third kappa shape index (κ3) is 4.87. The summed E-state index contributed by atoms with van der Waals surface area (Å²) < 4.78 is 28.2. The van der Waals surface area contributed by atoms with Crippen LogP contribution in [0, 0.1) is 13.8 Å². The summed E-state index contributed by atoms with van der Waals surface area (Å²) in [5.41, 5.74) is 3.72. The largest absolute Gasteiger partial charge is 0.348 e. The van der Waals surface area contributed by atoms with Crippen molar-refractivity contribution in [3.8, 4) is 5.69 Å². The second kappa shape index (κ2) is 9.44. The molecule has 1 heterocycles. The molecule has 0 unspecified atom stereocenters. The van der Waals surface area contributed by atoms with Gasteiger partial charge in [0.25, 0.3) is 5.91 Å². The van der Waals surface area contributed by atoms with Gasteiger partial charge in [-0.25, -0.2) is 13.1 Å². The van der Waals surface area contributed by atoms with E-state index in [9.17, 15) is 13.2 Å². The molecule has 7 nitrogen and oxygen atoms in total. The van der Waals surface area contributed by atoms with Crippen LogP contribution in [0.2, 0.25) is 5.02 Å². The Morgan fingerprint density at radius 3 is 2.19 bits per heavy atom. The van der Waals surface area contributed by atoms with E-state index in [-0.39, 0.29) is 23.4 Å². The van der Waals surface area contributed by atoms with Crippen LogP contribution in [-0.4, -0.2) is 41.5 Å². The summed E-state index contributed by atoms with van der Waals surface area (Å²) in [7, 11) is -1.97. The van der Waals surface area contributed by atoms with E-state index in [0.29, 0.717) is 10.6 Å². The molecule has 0 aliphatic rings. The van der Waals surface area contributed by atoms with Gasteiger partial charge in [0, 0.05) is 25.2 Å². The molecule has 0 radical (unpaired) electrons. The predicted molar refractivity (Wildman–Crippen MR) is 126 cm³/mol. The van der Waals surface area contributed by atoms with Crippen molar-refractivity contribution in [2.24, 2.45) is 0 Å². The highest BCUT2D eigenvalue weighted by atomic mass is 35.5. The molecule has 0 atom stereocenters. The number of rotatable bonds is 7. The average Bonchev–Trinajstić information content (AvgIpc) is 3.04. The molecule has 9 heteroatoms. The van der Waals surface area contributed by atoms with Gasteiger partial charge in [0.2, 0.25) is 10.0 Å². The second-order valence-corrected chi connectivity index (χ2v) is 10.3. The zero-order chi connectivity index (χ0) is 23.6. The van der Waals surface area contributed by atoms with Crippen LogP contribution in [0.4, 0.5) is 0 Å². The van der Waals surface area contributed by atoms with E-state index in [1.807, 2.05) is 39.8 Å². The van der Waals surface area contributed by atoms with Gasteiger partial charge in [-0.05, 0) is 69.7 Å². The lowest BCUT2D eigenvalue weighted by molar-refractivity contribution is 0.0951. The van der Waals surface area contributed by atoms with Crippen molar-refractivity contribution in [3.05, 3.63) is 76.1 Å².